The average Bonchev–Trinajstić information content (AvgIpc) is 2.38. The van der Waals surface area contributed by atoms with Gasteiger partial charge in [-0.05, 0) is 54.2 Å². The molecule has 0 N–H and O–H groups in total. The molecule has 0 aliphatic rings. The van der Waals surface area contributed by atoms with Crippen molar-refractivity contribution in [3.05, 3.63) is 70.8 Å². The minimum Gasteiger partial charge on any atom is -0.207 e. The van der Waals surface area contributed by atoms with Crippen LogP contribution in [0.2, 0.25) is 0 Å². The van der Waals surface area contributed by atoms with Gasteiger partial charge in [-0.2, -0.15) is 0 Å². The van der Waals surface area contributed by atoms with Gasteiger partial charge >= 0.3 is 0 Å². The van der Waals surface area contributed by atoms with Gasteiger partial charge in [0.1, 0.15) is 11.6 Å². The van der Waals surface area contributed by atoms with Crippen LogP contribution in [0.3, 0.4) is 0 Å². The van der Waals surface area contributed by atoms with Gasteiger partial charge in [0.25, 0.3) is 0 Å². The molecule has 0 amide bonds. The highest BCUT2D eigenvalue weighted by atomic mass is 19.1. The summed E-state index contributed by atoms with van der Waals surface area (Å²) < 4.78 is 26.9. The maximum atomic E-state index is 13.9. The van der Waals surface area contributed by atoms with E-state index in [2.05, 4.69) is 6.92 Å². The summed E-state index contributed by atoms with van der Waals surface area (Å²) in [7, 11) is 0. The zero-order valence-corrected chi connectivity index (χ0v) is 11.1. The molecule has 0 heterocycles. The molecule has 0 aliphatic heterocycles. The third kappa shape index (κ3) is 3.88. The summed E-state index contributed by atoms with van der Waals surface area (Å²) in [6.07, 6.45) is 3.17. The van der Waals surface area contributed by atoms with Crippen molar-refractivity contribution in [2.75, 3.05) is 0 Å². The quantitative estimate of drug-likeness (QED) is 0.730. The molecule has 0 radical (unpaired) electrons. The van der Waals surface area contributed by atoms with E-state index in [0.29, 0.717) is 18.4 Å². The van der Waals surface area contributed by atoms with Crippen LogP contribution < -0.4 is 0 Å². The zero-order valence-electron chi connectivity index (χ0n) is 11.1. The topological polar surface area (TPSA) is 0 Å². The Hall–Kier alpha value is -1.70. The number of aryl methyl sites for hydroxylation is 3. The van der Waals surface area contributed by atoms with Gasteiger partial charge in [0.15, 0.2) is 0 Å². The fraction of sp³-hybridized carbons (Fsp3) is 0.294. The van der Waals surface area contributed by atoms with Crippen molar-refractivity contribution >= 4 is 0 Å². The van der Waals surface area contributed by atoms with Crippen LogP contribution in [-0.2, 0) is 19.3 Å². The Morgan fingerprint density at radius 2 is 1.63 bits per heavy atom. The van der Waals surface area contributed by atoms with Crippen molar-refractivity contribution in [1.29, 1.82) is 0 Å². The third-order valence-corrected chi connectivity index (χ3v) is 3.23. The lowest BCUT2D eigenvalue weighted by Gasteiger charge is -2.06. The summed E-state index contributed by atoms with van der Waals surface area (Å²) in [5, 5.41) is 0. The molecule has 2 heteroatoms. The predicted molar refractivity (Wildman–Crippen MR) is 74.2 cm³/mol. The first-order valence-corrected chi connectivity index (χ1v) is 6.71. The summed E-state index contributed by atoms with van der Waals surface area (Å²) in [5.74, 6) is -0.390. The van der Waals surface area contributed by atoms with Crippen LogP contribution in [0.25, 0.3) is 0 Å². The Kier molecular flexibility index (Phi) is 4.67. The Balaban J connectivity index is 2.03. The lowest BCUT2D eigenvalue weighted by molar-refractivity contribution is 0.605. The lowest BCUT2D eigenvalue weighted by atomic mass is 10.0. The second kappa shape index (κ2) is 6.46. The van der Waals surface area contributed by atoms with Gasteiger partial charge < -0.3 is 0 Å². The minimum atomic E-state index is -0.240. The van der Waals surface area contributed by atoms with Crippen LogP contribution in [0.5, 0.6) is 0 Å². The second-order valence-corrected chi connectivity index (χ2v) is 4.81. The molecular formula is C17H18F2. The molecule has 100 valence electrons. The van der Waals surface area contributed by atoms with Crippen molar-refractivity contribution in [2.45, 2.75) is 32.6 Å². The Morgan fingerprint density at radius 3 is 2.32 bits per heavy atom. The molecule has 0 bridgehead atoms. The SMILES string of the molecule is CCCc1ccc(CCc2cccc(F)c2)c(F)c1. The second-order valence-electron chi connectivity index (χ2n) is 4.81. The first-order valence-electron chi connectivity index (χ1n) is 6.71. The van der Waals surface area contributed by atoms with Gasteiger partial charge in [0.05, 0.1) is 0 Å². The summed E-state index contributed by atoms with van der Waals surface area (Å²) in [5.41, 5.74) is 2.63. The van der Waals surface area contributed by atoms with E-state index < -0.39 is 0 Å². The molecule has 0 nitrogen and oxygen atoms in total. The monoisotopic (exact) mass is 260 g/mol. The van der Waals surface area contributed by atoms with E-state index in [4.69, 9.17) is 0 Å². The zero-order chi connectivity index (χ0) is 13.7. The van der Waals surface area contributed by atoms with Gasteiger partial charge in [0, 0.05) is 0 Å². The molecular weight excluding hydrogens is 242 g/mol. The molecule has 0 unspecified atom stereocenters. The van der Waals surface area contributed by atoms with Gasteiger partial charge in [0.2, 0.25) is 0 Å². The average molecular weight is 260 g/mol. The summed E-state index contributed by atoms with van der Waals surface area (Å²) in [6.45, 7) is 2.08. The smallest absolute Gasteiger partial charge is 0.126 e. The van der Waals surface area contributed by atoms with Crippen molar-refractivity contribution < 1.29 is 8.78 Å². The summed E-state index contributed by atoms with van der Waals surface area (Å²) in [4.78, 5) is 0. The van der Waals surface area contributed by atoms with Crippen molar-refractivity contribution in [1.82, 2.24) is 0 Å². The van der Waals surface area contributed by atoms with E-state index in [1.807, 2.05) is 18.2 Å². The highest BCUT2D eigenvalue weighted by molar-refractivity contribution is 5.26. The largest absolute Gasteiger partial charge is 0.207 e. The first-order chi connectivity index (χ1) is 9.19. The van der Waals surface area contributed by atoms with E-state index in [1.165, 1.54) is 12.1 Å². The molecule has 0 aromatic heterocycles. The number of halogens is 2. The van der Waals surface area contributed by atoms with E-state index in [9.17, 15) is 8.78 Å². The van der Waals surface area contributed by atoms with Crippen LogP contribution in [-0.4, -0.2) is 0 Å². The van der Waals surface area contributed by atoms with Crippen LogP contribution >= 0.6 is 0 Å². The molecule has 0 spiro atoms. The molecule has 0 atom stereocenters. The molecule has 2 aromatic carbocycles. The molecule has 19 heavy (non-hydrogen) atoms. The van der Waals surface area contributed by atoms with E-state index in [1.54, 1.807) is 12.1 Å². The highest BCUT2D eigenvalue weighted by Gasteiger charge is 2.04. The van der Waals surface area contributed by atoms with Crippen LogP contribution in [0.15, 0.2) is 42.5 Å². The van der Waals surface area contributed by atoms with Crippen LogP contribution in [0.1, 0.15) is 30.0 Å². The number of rotatable bonds is 5. The summed E-state index contributed by atoms with van der Waals surface area (Å²) >= 11 is 0. The van der Waals surface area contributed by atoms with Crippen molar-refractivity contribution in [2.24, 2.45) is 0 Å². The normalized spacial score (nSPS) is 10.7. The molecule has 0 saturated heterocycles. The highest BCUT2D eigenvalue weighted by Crippen LogP contribution is 2.15. The van der Waals surface area contributed by atoms with Crippen LogP contribution in [0.4, 0.5) is 8.78 Å². The van der Waals surface area contributed by atoms with Gasteiger partial charge in [-0.25, -0.2) is 8.78 Å². The molecule has 0 saturated carbocycles. The predicted octanol–water partition coefficient (Wildman–Crippen LogP) is 4.70. The maximum absolute atomic E-state index is 13.9. The number of hydrogen-bond donors (Lipinski definition) is 0. The molecule has 2 aromatic rings. The minimum absolute atomic E-state index is 0.151. The molecule has 0 fully saturated rings. The standard InChI is InChI=1S/C17H18F2/c1-2-4-13-7-9-15(17(19)12-13)10-8-14-5-3-6-16(18)11-14/h3,5-7,9,11-12H,2,4,8,10H2,1H3. The fourth-order valence-corrected chi connectivity index (χ4v) is 2.21. The Bertz CT molecular complexity index is 547. The Labute approximate surface area is 113 Å². The molecule has 2 rings (SSSR count). The Morgan fingerprint density at radius 1 is 0.842 bits per heavy atom. The van der Waals surface area contributed by atoms with E-state index >= 15 is 0 Å². The van der Waals surface area contributed by atoms with E-state index in [-0.39, 0.29) is 11.6 Å². The van der Waals surface area contributed by atoms with Crippen LogP contribution in [0, 0.1) is 11.6 Å². The van der Waals surface area contributed by atoms with Crippen molar-refractivity contribution in [3.8, 4) is 0 Å². The first kappa shape index (κ1) is 13.7. The maximum Gasteiger partial charge on any atom is 0.126 e. The van der Waals surface area contributed by atoms with Crippen molar-refractivity contribution in [3.63, 3.8) is 0 Å². The summed E-state index contributed by atoms with van der Waals surface area (Å²) in [6, 6.07) is 11.9. The van der Waals surface area contributed by atoms with E-state index in [0.717, 1.165) is 24.0 Å². The number of benzene rings is 2. The van der Waals surface area contributed by atoms with Gasteiger partial charge in [-0.1, -0.05) is 37.6 Å². The molecule has 0 aliphatic carbocycles. The number of hydrogen-bond acceptors (Lipinski definition) is 0. The van der Waals surface area contributed by atoms with Gasteiger partial charge in [-0.3, -0.25) is 0 Å². The third-order valence-electron chi connectivity index (χ3n) is 3.23. The fourth-order valence-electron chi connectivity index (χ4n) is 2.21. The van der Waals surface area contributed by atoms with Gasteiger partial charge in [-0.15, -0.1) is 0 Å². The lowest BCUT2D eigenvalue weighted by Crippen LogP contribution is -1.97.